The molecule has 27 heavy (non-hydrogen) atoms. The number of fused-ring (bicyclic) bond motifs is 1. The van der Waals surface area contributed by atoms with Gasteiger partial charge in [0.25, 0.3) is 5.91 Å². The fraction of sp³-hybridized carbons (Fsp3) is 0.238. The molecule has 0 aliphatic carbocycles. The van der Waals surface area contributed by atoms with Gasteiger partial charge in [-0.15, -0.1) is 0 Å². The van der Waals surface area contributed by atoms with Crippen LogP contribution in [0, 0.1) is 6.92 Å². The number of anilines is 1. The molecule has 1 aromatic carbocycles. The molecule has 2 aromatic heterocycles. The molecule has 6 nitrogen and oxygen atoms in total. The molecule has 3 heterocycles. The van der Waals surface area contributed by atoms with Crippen LogP contribution in [0.15, 0.2) is 54.9 Å². The molecule has 6 heteroatoms. The second-order valence-electron chi connectivity index (χ2n) is 6.65. The van der Waals surface area contributed by atoms with Crippen LogP contribution >= 0.6 is 0 Å². The molecule has 0 saturated carbocycles. The molecule has 0 saturated heterocycles. The number of aryl methyl sites for hydroxylation is 1. The predicted octanol–water partition coefficient (Wildman–Crippen LogP) is 2.99. The lowest BCUT2D eigenvalue weighted by Crippen LogP contribution is -2.36. The lowest BCUT2D eigenvalue weighted by atomic mass is 10.00. The summed E-state index contributed by atoms with van der Waals surface area (Å²) in [7, 11) is 0. The van der Waals surface area contributed by atoms with E-state index in [-0.39, 0.29) is 5.91 Å². The Morgan fingerprint density at radius 2 is 2.00 bits per heavy atom. The third-order valence-corrected chi connectivity index (χ3v) is 4.67. The molecular weight excluding hydrogens is 338 g/mol. The maximum Gasteiger partial charge on any atom is 0.272 e. The minimum absolute atomic E-state index is 0.0561. The second-order valence-corrected chi connectivity index (χ2v) is 6.65. The normalized spacial score (nSPS) is 13.1. The van der Waals surface area contributed by atoms with Gasteiger partial charge in [-0.1, -0.05) is 30.3 Å². The summed E-state index contributed by atoms with van der Waals surface area (Å²) in [4.78, 5) is 27.7. The molecule has 0 spiro atoms. The van der Waals surface area contributed by atoms with Crippen molar-refractivity contribution in [3.63, 3.8) is 0 Å². The van der Waals surface area contributed by atoms with Crippen LogP contribution in [-0.2, 0) is 19.5 Å². The molecule has 0 bridgehead atoms. The molecule has 0 unspecified atom stereocenters. The SMILES string of the molecule is Cc1nc(NCc2cccnc2)cc(C(=O)N2CCc3ccccc3C2)n1. The van der Waals surface area contributed by atoms with Crippen LogP contribution in [0.3, 0.4) is 0 Å². The highest BCUT2D eigenvalue weighted by atomic mass is 16.2. The minimum atomic E-state index is -0.0561. The number of pyridine rings is 1. The third kappa shape index (κ3) is 3.95. The lowest BCUT2D eigenvalue weighted by Gasteiger charge is -2.28. The number of amides is 1. The molecule has 0 radical (unpaired) electrons. The van der Waals surface area contributed by atoms with E-state index in [1.807, 2.05) is 29.2 Å². The van der Waals surface area contributed by atoms with Crippen LogP contribution in [0.2, 0.25) is 0 Å². The van der Waals surface area contributed by atoms with Gasteiger partial charge in [-0.05, 0) is 36.1 Å². The average molecular weight is 359 g/mol. The standard InChI is InChI=1S/C21H21N5O/c1-15-24-19(11-20(25-15)23-13-16-5-4-9-22-12-16)21(27)26-10-8-17-6-2-3-7-18(17)14-26/h2-7,9,11-12H,8,10,13-14H2,1H3,(H,23,24,25). The molecule has 0 fully saturated rings. The van der Waals surface area contributed by atoms with E-state index < -0.39 is 0 Å². The number of nitrogens with one attached hydrogen (secondary N) is 1. The van der Waals surface area contributed by atoms with Gasteiger partial charge >= 0.3 is 0 Å². The first kappa shape index (κ1) is 17.1. The first-order valence-electron chi connectivity index (χ1n) is 9.03. The van der Waals surface area contributed by atoms with E-state index in [4.69, 9.17) is 0 Å². The quantitative estimate of drug-likeness (QED) is 0.775. The van der Waals surface area contributed by atoms with Crippen molar-refractivity contribution < 1.29 is 4.79 Å². The number of hydrogen-bond donors (Lipinski definition) is 1. The monoisotopic (exact) mass is 359 g/mol. The average Bonchev–Trinajstić information content (AvgIpc) is 2.72. The maximum absolute atomic E-state index is 13.0. The Labute approximate surface area is 158 Å². The summed E-state index contributed by atoms with van der Waals surface area (Å²) in [5.41, 5.74) is 4.00. The number of aromatic nitrogens is 3. The van der Waals surface area contributed by atoms with Crippen molar-refractivity contribution in [1.29, 1.82) is 0 Å². The third-order valence-electron chi connectivity index (χ3n) is 4.67. The zero-order chi connectivity index (χ0) is 18.6. The fourth-order valence-corrected chi connectivity index (χ4v) is 3.29. The number of nitrogens with zero attached hydrogens (tertiary/aromatic N) is 4. The summed E-state index contributed by atoms with van der Waals surface area (Å²) in [6.45, 7) is 3.72. The van der Waals surface area contributed by atoms with Crippen LogP contribution in [0.5, 0.6) is 0 Å². The van der Waals surface area contributed by atoms with Crippen molar-refractivity contribution >= 4 is 11.7 Å². The zero-order valence-corrected chi connectivity index (χ0v) is 15.2. The number of carbonyl (C=O) groups is 1. The molecule has 4 rings (SSSR count). The van der Waals surface area contributed by atoms with Crippen LogP contribution in [-0.4, -0.2) is 32.3 Å². The van der Waals surface area contributed by atoms with Gasteiger partial charge in [0.05, 0.1) is 0 Å². The maximum atomic E-state index is 13.0. The van der Waals surface area contributed by atoms with Crippen molar-refractivity contribution in [3.8, 4) is 0 Å². The summed E-state index contributed by atoms with van der Waals surface area (Å²) in [5.74, 6) is 1.17. The van der Waals surface area contributed by atoms with Gasteiger partial charge in [0, 0.05) is 38.1 Å². The second kappa shape index (κ2) is 7.53. The fourth-order valence-electron chi connectivity index (χ4n) is 3.29. The Bertz CT molecular complexity index is 958. The van der Waals surface area contributed by atoms with E-state index in [0.717, 1.165) is 12.0 Å². The molecule has 0 atom stereocenters. The first-order valence-corrected chi connectivity index (χ1v) is 9.03. The predicted molar refractivity (Wildman–Crippen MR) is 103 cm³/mol. The van der Waals surface area contributed by atoms with Gasteiger partial charge in [-0.3, -0.25) is 9.78 Å². The summed E-state index contributed by atoms with van der Waals surface area (Å²) in [6.07, 6.45) is 4.42. The topological polar surface area (TPSA) is 71.0 Å². The van der Waals surface area contributed by atoms with Crippen molar-refractivity contribution in [2.45, 2.75) is 26.4 Å². The Kier molecular flexibility index (Phi) is 4.78. The van der Waals surface area contributed by atoms with E-state index in [0.29, 0.717) is 37.0 Å². The molecular formula is C21H21N5O. The smallest absolute Gasteiger partial charge is 0.272 e. The summed E-state index contributed by atoms with van der Waals surface area (Å²) >= 11 is 0. The van der Waals surface area contributed by atoms with Gasteiger partial charge in [-0.2, -0.15) is 0 Å². The van der Waals surface area contributed by atoms with E-state index in [1.54, 1.807) is 25.4 Å². The first-order chi connectivity index (χ1) is 13.2. The van der Waals surface area contributed by atoms with Crippen molar-refractivity contribution in [1.82, 2.24) is 19.9 Å². The van der Waals surface area contributed by atoms with E-state index in [2.05, 4.69) is 32.4 Å². The Morgan fingerprint density at radius 3 is 2.81 bits per heavy atom. The molecule has 1 amide bonds. The van der Waals surface area contributed by atoms with E-state index in [9.17, 15) is 4.79 Å². The Morgan fingerprint density at radius 1 is 1.15 bits per heavy atom. The van der Waals surface area contributed by atoms with Crippen molar-refractivity contribution in [2.24, 2.45) is 0 Å². The highest BCUT2D eigenvalue weighted by Gasteiger charge is 2.23. The lowest BCUT2D eigenvalue weighted by molar-refractivity contribution is 0.0728. The number of hydrogen-bond acceptors (Lipinski definition) is 5. The van der Waals surface area contributed by atoms with Gasteiger partial charge in [0.2, 0.25) is 0 Å². The van der Waals surface area contributed by atoms with Gasteiger partial charge in [-0.25, -0.2) is 9.97 Å². The van der Waals surface area contributed by atoms with Crippen LogP contribution < -0.4 is 5.32 Å². The summed E-state index contributed by atoms with van der Waals surface area (Å²) in [5, 5.41) is 3.25. The number of carbonyl (C=O) groups excluding carboxylic acids is 1. The van der Waals surface area contributed by atoms with Crippen molar-refractivity contribution in [2.75, 3.05) is 11.9 Å². The highest BCUT2D eigenvalue weighted by molar-refractivity contribution is 5.93. The van der Waals surface area contributed by atoms with Gasteiger partial charge in [0.1, 0.15) is 17.3 Å². The van der Waals surface area contributed by atoms with Gasteiger partial charge in [0.15, 0.2) is 0 Å². The van der Waals surface area contributed by atoms with Crippen LogP contribution in [0.1, 0.15) is 33.0 Å². The van der Waals surface area contributed by atoms with Crippen LogP contribution in [0.4, 0.5) is 5.82 Å². The van der Waals surface area contributed by atoms with E-state index >= 15 is 0 Å². The Balaban J connectivity index is 1.50. The molecule has 136 valence electrons. The molecule has 1 aliphatic heterocycles. The van der Waals surface area contributed by atoms with E-state index in [1.165, 1.54) is 11.1 Å². The summed E-state index contributed by atoms with van der Waals surface area (Å²) in [6, 6.07) is 13.9. The highest BCUT2D eigenvalue weighted by Crippen LogP contribution is 2.20. The van der Waals surface area contributed by atoms with Crippen LogP contribution in [0.25, 0.3) is 0 Å². The number of benzene rings is 1. The van der Waals surface area contributed by atoms with Crippen molar-refractivity contribution in [3.05, 3.63) is 83.1 Å². The molecule has 1 aliphatic rings. The molecule has 3 aromatic rings. The zero-order valence-electron chi connectivity index (χ0n) is 15.2. The summed E-state index contributed by atoms with van der Waals surface area (Å²) < 4.78 is 0. The minimum Gasteiger partial charge on any atom is -0.366 e. The van der Waals surface area contributed by atoms with Gasteiger partial charge < -0.3 is 10.2 Å². The Hall–Kier alpha value is -3.28. The number of rotatable bonds is 4. The largest absolute Gasteiger partial charge is 0.366 e. The molecule has 1 N–H and O–H groups in total.